The monoisotopic (exact) mass is 290 g/mol. The number of benzene rings is 1. The van der Waals surface area contributed by atoms with Crippen molar-refractivity contribution in [3.8, 4) is 0 Å². The molecular formula is C13H13ClF2O3. The summed E-state index contributed by atoms with van der Waals surface area (Å²) in [4.78, 5) is 23.1. The highest BCUT2D eigenvalue weighted by molar-refractivity contribution is 6.31. The molecule has 1 unspecified atom stereocenters. The highest BCUT2D eigenvalue weighted by Crippen LogP contribution is 2.34. The molecule has 0 spiro atoms. The summed E-state index contributed by atoms with van der Waals surface area (Å²) in [5.74, 6) is -1.28. The number of alkyl halides is 3. The van der Waals surface area contributed by atoms with Crippen molar-refractivity contribution in [2.75, 3.05) is 6.61 Å². The van der Waals surface area contributed by atoms with Crippen LogP contribution in [0.5, 0.6) is 0 Å². The standard InChI is InChI=1S/C13H13ClF2O3/c1-3-19-13(18)9-6-4-5-8(12(15)16)10(9)11(14)7(2)17/h4-6,11-12H,3H2,1-2H3. The molecule has 1 aromatic rings. The maximum absolute atomic E-state index is 13.0. The highest BCUT2D eigenvalue weighted by Gasteiger charge is 2.27. The summed E-state index contributed by atoms with van der Waals surface area (Å²) in [6.07, 6.45) is -2.83. The van der Waals surface area contributed by atoms with E-state index in [-0.39, 0.29) is 17.7 Å². The summed E-state index contributed by atoms with van der Waals surface area (Å²) < 4.78 is 30.7. The van der Waals surface area contributed by atoms with Gasteiger partial charge in [-0.3, -0.25) is 4.79 Å². The second kappa shape index (κ2) is 6.61. The Morgan fingerprint density at radius 1 is 1.37 bits per heavy atom. The number of ether oxygens (including phenoxy) is 1. The third kappa shape index (κ3) is 3.50. The van der Waals surface area contributed by atoms with E-state index in [0.29, 0.717) is 0 Å². The second-order valence-corrected chi connectivity index (χ2v) is 4.24. The van der Waals surface area contributed by atoms with E-state index in [1.54, 1.807) is 6.92 Å². The lowest BCUT2D eigenvalue weighted by Gasteiger charge is -2.16. The van der Waals surface area contributed by atoms with Crippen molar-refractivity contribution in [1.82, 2.24) is 0 Å². The zero-order valence-corrected chi connectivity index (χ0v) is 11.2. The van der Waals surface area contributed by atoms with Crippen LogP contribution in [0.15, 0.2) is 18.2 Å². The van der Waals surface area contributed by atoms with Crippen LogP contribution >= 0.6 is 11.6 Å². The minimum Gasteiger partial charge on any atom is -0.462 e. The lowest BCUT2D eigenvalue weighted by molar-refractivity contribution is -0.116. The van der Waals surface area contributed by atoms with E-state index in [0.717, 1.165) is 6.07 Å². The largest absolute Gasteiger partial charge is 0.462 e. The van der Waals surface area contributed by atoms with Gasteiger partial charge in [-0.15, -0.1) is 11.6 Å². The average Bonchev–Trinajstić information content (AvgIpc) is 2.36. The van der Waals surface area contributed by atoms with Gasteiger partial charge in [-0.2, -0.15) is 0 Å². The predicted molar refractivity (Wildman–Crippen MR) is 66.6 cm³/mol. The van der Waals surface area contributed by atoms with Crippen LogP contribution in [-0.2, 0) is 9.53 Å². The summed E-state index contributed by atoms with van der Waals surface area (Å²) in [7, 11) is 0. The molecule has 19 heavy (non-hydrogen) atoms. The average molecular weight is 291 g/mol. The molecule has 1 atom stereocenters. The molecular weight excluding hydrogens is 278 g/mol. The molecule has 0 aliphatic heterocycles. The number of carbonyl (C=O) groups is 2. The van der Waals surface area contributed by atoms with Gasteiger partial charge in [0, 0.05) is 11.1 Å². The number of halogens is 3. The first kappa shape index (κ1) is 15.6. The highest BCUT2D eigenvalue weighted by atomic mass is 35.5. The third-order valence-electron chi connectivity index (χ3n) is 2.48. The third-order valence-corrected chi connectivity index (χ3v) is 3.01. The second-order valence-electron chi connectivity index (χ2n) is 3.80. The molecule has 0 aliphatic rings. The first-order chi connectivity index (χ1) is 8.90. The van der Waals surface area contributed by atoms with Gasteiger partial charge in [0.15, 0.2) is 5.78 Å². The van der Waals surface area contributed by atoms with Crippen molar-refractivity contribution in [2.24, 2.45) is 0 Å². The molecule has 0 N–H and O–H groups in total. The Kier molecular flexibility index (Phi) is 5.42. The fourth-order valence-electron chi connectivity index (χ4n) is 1.65. The van der Waals surface area contributed by atoms with Gasteiger partial charge in [0.25, 0.3) is 6.43 Å². The zero-order chi connectivity index (χ0) is 14.6. The van der Waals surface area contributed by atoms with E-state index in [1.165, 1.54) is 19.1 Å². The zero-order valence-electron chi connectivity index (χ0n) is 10.5. The molecule has 3 nitrogen and oxygen atoms in total. The normalized spacial score (nSPS) is 12.3. The van der Waals surface area contributed by atoms with Gasteiger partial charge in [-0.05, 0) is 19.9 Å². The molecule has 0 radical (unpaired) electrons. The molecule has 0 saturated carbocycles. The van der Waals surface area contributed by atoms with Crippen LogP contribution in [0.4, 0.5) is 8.78 Å². The van der Waals surface area contributed by atoms with Crippen molar-refractivity contribution in [1.29, 1.82) is 0 Å². The molecule has 0 saturated heterocycles. The molecule has 1 rings (SSSR count). The Labute approximate surface area is 114 Å². The molecule has 104 valence electrons. The molecule has 0 fully saturated rings. The summed E-state index contributed by atoms with van der Waals surface area (Å²) in [6.45, 7) is 2.87. The number of carbonyl (C=O) groups excluding carboxylic acids is 2. The topological polar surface area (TPSA) is 43.4 Å². The Balaban J connectivity index is 3.42. The number of hydrogen-bond donors (Lipinski definition) is 0. The van der Waals surface area contributed by atoms with Gasteiger partial charge in [-0.1, -0.05) is 12.1 Å². The van der Waals surface area contributed by atoms with Gasteiger partial charge < -0.3 is 4.74 Å². The fourth-order valence-corrected chi connectivity index (χ4v) is 1.89. The van der Waals surface area contributed by atoms with E-state index in [4.69, 9.17) is 16.3 Å². The van der Waals surface area contributed by atoms with Crippen LogP contribution in [0.1, 0.15) is 47.1 Å². The van der Waals surface area contributed by atoms with Crippen LogP contribution in [-0.4, -0.2) is 18.4 Å². The van der Waals surface area contributed by atoms with Gasteiger partial charge in [0.1, 0.15) is 5.38 Å². The van der Waals surface area contributed by atoms with Crippen LogP contribution in [0.2, 0.25) is 0 Å². The van der Waals surface area contributed by atoms with E-state index in [2.05, 4.69) is 0 Å². The Morgan fingerprint density at radius 2 is 2.00 bits per heavy atom. The Morgan fingerprint density at radius 3 is 2.47 bits per heavy atom. The predicted octanol–water partition coefficient (Wildman–Crippen LogP) is 3.67. The lowest BCUT2D eigenvalue weighted by atomic mass is 9.96. The summed E-state index contributed by atoms with van der Waals surface area (Å²) in [6, 6.07) is 3.76. The SMILES string of the molecule is CCOC(=O)c1cccc(C(F)F)c1C(Cl)C(C)=O. The fraction of sp³-hybridized carbons (Fsp3) is 0.385. The van der Waals surface area contributed by atoms with E-state index >= 15 is 0 Å². The first-order valence-corrected chi connectivity index (χ1v) is 6.06. The first-order valence-electron chi connectivity index (χ1n) is 5.62. The molecule has 6 heteroatoms. The van der Waals surface area contributed by atoms with Gasteiger partial charge >= 0.3 is 5.97 Å². The molecule has 0 heterocycles. The molecule has 0 aliphatic carbocycles. The number of Topliss-reactive ketones (excluding diaryl/α,β-unsaturated/α-hetero) is 1. The van der Waals surface area contributed by atoms with Crippen molar-refractivity contribution < 1.29 is 23.1 Å². The molecule has 0 aromatic heterocycles. The minimum atomic E-state index is -2.83. The number of hydrogen-bond acceptors (Lipinski definition) is 3. The quantitative estimate of drug-likeness (QED) is 0.614. The van der Waals surface area contributed by atoms with Crippen molar-refractivity contribution in [2.45, 2.75) is 25.7 Å². The molecule has 0 amide bonds. The van der Waals surface area contributed by atoms with Crippen LogP contribution in [0.3, 0.4) is 0 Å². The number of ketones is 1. The van der Waals surface area contributed by atoms with Crippen LogP contribution in [0, 0.1) is 0 Å². The summed E-state index contributed by atoms with van der Waals surface area (Å²) in [5, 5.41) is -1.30. The van der Waals surface area contributed by atoms with Crippen LogP contribution < -0.4 is 0 Å². The van der Waals surface area contributed by atoms with E-state index < -0.39 is 29.1 Å². The number of esters is 1. The van der Waals surface area contributed by atoms with Crippen molar-refractivity contribution in [3.05, 3.63) is 34.9 Å². The molecule has 1 aromatic carbocycles. The maximum Gasteiger partial charge on any atom is 0.338 e. The smallest absolute Gasteiger partial charge is 0.338 e. The van der Waals surface area contributed by atoms with Crippen molar-refractivity contribution in [3.63, 3.8) is 0 Å². The van der Waals surface area contributed by atoms with Crippen molar-refractivity contribution >= 4 is 23.4 Å². The van der Waals surface area contributed by atoms with E-state index in [1.807, 2.05) is 0 Å². The van der Waals surface area contributed by atoms with E-state index in [9.17, 15) is 18.4 Å². The number of rotatable bonds is 5. The van der Waals surface area contributed by atoms with Gasteiger partial charge in [-0.25, -0.2) is 13.6 Å². The minimum absolute atomic E-state index is 0.101. The summed E-state index contributed by atoms with van der Waals surface area (Å²) >= 11 is 5.85. The lowest BCUT2D eigenvalue weighted by Crippen LogP contribution is -2.14. The summed E-state index contributed by atoms with van der Waals surface area (Å²) in [5.41, 5.74) is -0.708. The molecule has 0 bridgehead atoms. The van der Waals surface area contributed by atoms with Gasteiger partial charge in [0.2, 0.25) is 0 Å². The Bertz CT molecular complexity index is 489. The Hall–Kier alpha value is -1.49. The maximum atomic E-state index is 13.0. The van der Waals surface area contributed by atoms with Crippen LogP contribution in [0.25, 0.3) is 0 Å². The van der Waals surface area contributed by atoms with Gasteiger partial charge in [0.05, 0.1) is 12.2 Å².